The zero-order valence-electron chi connectivity index (χ0n) is 11.3. The van der Waals surface area contributed by atoms with Crippen molar-refractivity contribution in [2.75, 3.05) is 0 Å². The molecular formula is C17H15NO3. The van der Waals surface area contributed by atoms with Crippen LogP contribution in [0, 0.1) is 0 Å². The number of hydrogen-bond acceptors (Lipinski definition) is 3. The van der Waals surface area contributed by atoms with E-state index in [2.05, 4.69) is 5.32 Å². The van der Waals surface area contributed by atoms with Crippen molar-refractivity contribution in [1.82, 2.24) is 5.32 Å². The Bertz CT molecular complexity index is 663. The van der Waals surface area contributed by atoms with Crippen LogP contribution in [-0.4, -0.2) is 16.8 Å². The van der Waals surface area contributed by atoms with E-state index in [1.54, 1.807) is 48.5 Å². The van der Waals surface area contributed by atoms with Gasteiger partial charge in [0, 0.05) is 23.7 Å². The lowest BCUT2D eigenvalue weighted by atomic mass is 10.1. The van der Waals surface area contributed by atoms with Crippen LogP contribution in [0.5, 0.6) is 5.75 Å². The molecule has 4 nitrogen and oxygen atoms in total. The molecule has 0 aliphatic heterocycles. The maximum atomic E-state index is 11.8. The van der Waals surface area contributed by atoms with E-state index in [1.165, 1.54) is 12.2 Å². The van der Waals surface area contributed by atoms with E-state index in [0.29, 0.717) is 11.1 Å². The smallest absolute Gasteiger partial charge is 0.244 e. The lowest BCUT2D eigenvalue weighted by Gasteiger charge is -2.04. The van der Waals surface area contributed by atoms with Crippen LogP contribution in [0.4, 0.5) is 0 Å². The maximum absolute atomic E-state index is 11.8. The molecule has 0 saturated carbocycles. The number of amides is 1. The average Bonchev–Trinajstić information content (AvgIpc) is 2.52. The van der Waals surface area contributed by atoms with E-state index in [1.807, 2.05) is 6.07 Å². The van der Waals surface area contributed by atoms with Gasteiger partial charge in [-0.25, -0.2) is 0 Å². The van der Waals surface area contributed by atoms with Gasteiger partial charge >= 0.3 is 0 Å². The molecule has 0 heterocycles. The van der Waals surface area contributed by atoms with Gasteiger partial charge in [0.1, 0.15) is 5.75 Å². The van der Waals surface area contributed by atoms with Gasteiger partial charge in [-0.2, -0.15) is 0 Å². The minimum Gasteiger partial charge on any atom is -0.508 e. The topological polar surface area (TPSA) is 66.4 Å². The number of carbonyl (C=O) groups excluding carboxylic acids is 2. The monoisotopic (exact) mass is 281 g/mol. The first kappa shape index (κ1) is 14.5. The SMILES string of the molecule is O=C(/C=C/C(=O)c1ccccc1)NCc1ccccc1O. The number of benzene rings is 2. The molecule has 0 saturated heterocycles. The van der Waals surface area contributed by atoms with Gasteiger partial charge in [-0.05, 0) is 12.1 Å². The first-order valence-corrected chi connectivity index (χ1v) is 6.49. The quantitative estimate of drug-likeness (QED) is 0.653. The average molecular weight is 281 g/mol. The summed E-state index contributed by atoms with van der Waals surface area (Å²) in [6.07, 6.45) is 2.42. The highest BCUT2D eigenvalue weighted by Crippen LogP contribution is 2.14. The molecule has 0 radical (unpaired) electrons. The lowest BCUT2D eigenvalue weighted by Crippen LogP contribution is -2.20. The van der Waals surface area contributed by atoms with Crippen LogP contribution in [-0.2, 0) is 11.3 Å². The number of phenolic OH excluding ortho intramolecular Hbond substituents is 1. The molecule has 0 aliphatic rings. The zero-order valence-corrected chi connectivity index (χ0v) is 11.3. The number of para-hydroxylation sites is 1. The van der Waals surface area contributed by atoms with Gasteiger partial charge in [0.15, 0.2) is 5.78 Å². The summed E-state index contributed by atoms with van der Waals surface area (Å²) < 4.78 is 0. The van der Waals surface area contributed by atoms with Crippen LogP contribution in [0.2, 0.25) is 0 Å². The summed E-state index contributed by atoms with van der Waals surface area (Å²) in [6, 6.07) is 15.5. The molecule has 1 amide bonds. The number of hydrogen-bond donors (Lipinski definition) is 2. The highest BCUT2D eigenvalue weighted by Gasteiger charge is 2.03. The van der Waals surface area contributed by atoms with Crippen molar-refractivity contribution in [2.24, 2.45) is 0 Å². The Hall–Kier alpha value is -2.88. The second kappa shape index (κ2) is 7.05. The molecule has 0 aliphatic carbocycles. The molecule has 106 valence electrons. The van der Waals surface area contributed by atoms with Crippen LogP contribution < -0.4 is 5.32 Å². The van der Waals surface area contributed by atoms with Gasteiger partial charge in [-0.3, -0.25) is 9.59 Å². The molecule has 2 N–H and O–H groups in total. The van der Waals surface area contributed by atoms with Gasteiger partial charge in [0.25, 0.3) is 0 Å². The number of carbonyl (C=O) groups is 2. The van der Waals surface area contributed by atoms with Crippen molar-refractivity contribution in [1.29, 1.82) is 0 Å². The second-order valence-corrected chi connectivity index (χ2v) is 4.41. The maximum Gasteiger partial charge on any atom is 0.244 e. The minimum atomic E-state index is -0.387. The van der Waals surface area contributed by atoms with Gasteiger partial charge in [-0.15, -0.1) is 0 Å². The Labute approximate surface area is 122 Å². The standard InChI is InChI=1S/C17H15NO3/c19-15-9-5-4-8-14(15)12-18-17(21)11-10-16(20)13-6-2-1-3-7-13/h1-11,19H,12H2,(H,18,21)/b11-10+. The Kier molecular flexibility index (Phi) is 4.88. The fourth-order valence-electron chi connectivity index (χ4n) is 1.75. The van der Waals surface area contributed by atoms with Crippen LogP contribution in [0.3, 0.4) is 0 Å². The predicted molar refractivity (Wildman–Crippen MR) is 79.9 cm³/mol. The molecule has 21 heavy (non-hydrogen) atoms. The number of rotatable bonds is 5. The predicted octanol–water partition coefficient (Wildman–Crippen LogP) is 2.45. The molecule has 2 rings (SSSR count). The Morgan fingerprint density at radius 3 is 2.33 bits per heavy atom. The molecule has 4 heteroatoms. The van der Waals surface area contributed by atoms with Crippen molar-refractivity contribution in [3.05, 3.63) is 77.9 Å². The lowest BCUT2D eigenvalue weighted by molar-refractivity contribution is -0.116. The van der Waals surface area contributed by atoms with Crippen molar-refractivity contribution < 1.29 is 14.7 Å². The first-order valence-electron chi connectivity index (χ1n) is 6.49. The van der Waals surface area contributed by atoms with Crippen molar-refractivity contribution in [3.8, 4) is 5.75 Å². The van der Waals surface area contributed by atoms with Crippen LogP contribution in [0.15, 0.2) is 66.7 Å². The molecule has 0 atom stereocenters. The molecule has 2 aromatic carbocycles. The highest BCUT2D eigenvalue weighted by molar-refractivity contribution is 6.07. The number of ketones is 1. The van der Waals surface area contributed by atoms with Crippen LogP contribution >= 0.6 is 0 Å². The van der Waals surface area contributed by atoms with Crippen molar-refractivity contribution in [3.63, 3.8) is 0 Å². The fourth-order valence-corrected chi connectivity index (χ4v) is 1.75. The molecule has 0 bridgehead atoms. The van der Waals surface area contributed by atoms with Gasteiger partial charge in [0.05, 0.1) is 0 Å². The number of phenols is 1. The summed E-state index contributed by atoms with van der Waals surface area (Å²) in [4.78, 5) is 23.4. The third-order valence-corrected chi connectivity index (χ3v) is 2.89. The third kappa shape index (κ3) is 4.31. The van der Waals surface area contributed by atoms with Crippen molar-refractivity contribution in [2.45, 2.75) is 6.54 Å². The second-order valence-electron chi connectivity index (χ2n) is 4.41. The minimum absolute atomic E-state index is 0.127. The number of allylic oxidation sites excluding steroid dienone is 1. The zero-order chi connectivity index (χ0) is 15.1. The third-order valence-electron chi connectivity index (χ3n) is 2.89. The summed E-state index contributed by atoms with van der Waals surface area (Å²) in [5, 5.41) is 12.2. The highest BCUT2D eigenvalue weighted by atomic mass is 16.3. The molecule has 0 fully saturated rings. The summed E-state index contributed by atoms with van der Waals surface area (Å²) in [6.45, 7) is 0.204. The van der Waals surface area contributed by atoms with E-state index in [9.17, 15) is 14.7 Å². The summed E-state index contributed by atoms with van der Waals surface area (Å²) in [5.41, 5.74) is 1.15. The van der Waals surface area contributed by atoms with Gasteiger partial charge in [-0.1, -0.05) is 48.5 Å². The molecule has 0 aromatic heterocycles. The van der Waals surface area contributed by atoms with E-state index in [0.717, 1.165) is 0 Å². The van der Waals surface area contributed by atoms with Crippen LogP contribution in [0.25, 0.3) is 0 Å². The summed E-state index contributed by atoms with van der Waals surface area (Å²) in [7, 11) is 0. The normalized spacial score (nSPS) is 10.5. The van der Waals surface area contributed by atoms with E-state index < -0.39 is 0 Å². The van der Waals surface area contributed by atoms with Gasteiger partial charge in [0.2, 0.25) is 5.91 Å². The molecule has 0 spiro atoms. The van der Waals surface area contributed by atoms with E-state index in [-0.39, 0.29) is 24.0 Å². The number of nitrogens with one attached hydrogen (secondary N) is 1. The van der Waals surface area contributed by atoms with Crippen LogP contribution in [0.1, 0.15) is 15.9 Å². The van der Waals surface area contributed by atoms with Crippen molar-refractivity contribution >= 4 is 11.7 Å². The number of aromatic hydroxyl groups is 1. The first-order chi connectivity index (χ1) is 10.2. The summed E-state index contributed by atoms with van der Waals surface area (Å²) >= 11 is 0. The Morgan fingerprint density at radius 2 is 1.62 bits per heavy atom. The Morgan fingerprint density at radius 1 is 0.952 bits per heavy atom. The molecular weight excluding hydrogens is 266 g/mol. The van der Waals surface area contributed by atoms with E-state index >= 15 is 0 Å². The summed E-state index contributed by atoms with van der Waals surface area (Å²) in [5.74, 6) is -0.488. The Balaban J connectivity index is 1.89. The van der Waals surface area contributed by atoms with E-state index in [4.69, 9.17) is 0 Å². The molecule has 2 aromatic rings. The largest absolute Gasteiger partial charge is 0.508 e. The molecule has 0 unspecified atom stereocenters. The van der Waals surface area contributed by atoms with Gasteiger partial charge < -0.3 is 10.4 Å². The fraction of sp³-hybridized carbons (Fsp3) is 0.0588.